The summed E-state index contributed by atoms with van der Waals surface area (Å²) in [5.41, 5.74) is 0.692. The van der Waals surface area contributed by atoms with E-state index in [9.17, 15) is 4.79 Å². The van der Waals surface area contributed by atoms with E-state index >= 15 is 0 Å². The van der Waals surface area contributed by atoms with Gasteiger partial charge >= 0.3 is 5.97 Å². The second-order valence-electron chi connectivity index (χ2n) is 3.89. The van der Waals surface area contributed by atoms with Crippen LogP contribution < -0.4 is 0 Å². The molecule has 74 valence electrons. The summed E-state index contributed by atoms with van der Waals surface area (Å²) < 4.78 is 1.19. The summed E-state index contributed by atoms with van der Waals surface area (Å²) in [4.78, 5) is 11.0. The Hall–Kier alpha value is -0.580. The third-order valence-corrected chi connectivity index (χ3v) is 3.48. The first-order chi connectivity index (χ1) is 6.62. The van der Waals surface area contributed by atoms with E-state index in [1.807, 2.05) is 24.3 Å². The van der Waals surface area contributed by atoms with Crippen molar-refractivity contribution in [2.24, 2.45) is 5.41 Å². The monoisotopic (exact) mass is 302 g/mol. The molecule has 0 amide bonds. The van der Waals surface area contributed by atoms with Crippen LogP contribution in [0.2, 0.25) is 0 Å². The van der Waals surface area contributed by atoms with Gasteiger partial charge in [0.1, 0.15) is 0 Å². The highest BCUT2D eigenvalue weighted by atomic mass is 127. The quantitative estimate of drug-likeness (QED) is 0.872. The van der Waals surface area contributed by atoms with Gasteiger partial charge in [0.25, 0.3) is 0 Å². The zero-order valence-corrected chi connectivity index (χ0v) is 9.82. The van der Waals surface area contributed by atoms with Crippen LogP contribution in [-0.4, -0.2) is 11.1 Å². The smallest absolute Gasteiger partial charge is 0.309 e. The fraction of sp³-hybridized carbons (Fsp3) is 0.364. The molecular formula is C11H11IO2. The molecule has 0 saturated heterocycles. The number of hydrogen-bond donors (Lipinski definition) is 1. The standard InChI is InChI=1S/C11H11IO2/c12-9-3-1-8(2-4-9)7-11(5-6-11)10(13)14/h1-4H,5-7H2,(H,13,14). The van der Waals surface area contributed by atoms with E-state index in [-0.39, 0.29) is 0 Å². The molecule has 14 heavy (non-hydrogen) atoms. The summed E-state index contributed by atoms with van der Waals surface area (Å²) >= 11 is 2.25. The SMILES string of the molecule is O=C(O)C1(Cc2ccc(I)cc2)CC1. The van der Waals surface area contributed by atoms with Gasteiger partial charge in [-0.25, -0.2) is 0 Å². The highest BCUT2D eigenvalue weighted by Gasteiger charge is 2.49. The van der Waals surface area contributed by atoms with Crippen LogP contribution in [0.4, 0.5) is 0 Å². The maximum absolute atomic E-state index is 11.0. The fourth-order valence-corrected chi connectivity index (χ4v) is 1.97. The molecule has 2 rings (SSSR count). The molecule has 0 heterocycles. The maximum atomic E-state index is 11.0. The van der Waals surface area contributed by atoms with Crippen LogP contribution in [0.3, 0.4) is 0 Å². The van der Waals surface area contributed by atoms with Gasteiger partial charge in [-0.15, -0.1) is 0 Å². The molecule has 3 heteroatoms. The lowest BCUT2D eigenvalue weighted by Gasteiger charge is -2.09. The van der Waals surface area contributed by atoms with Crippen LogP contribution in [-0.2, 0) is 11.2 Å². The molecule has 1 aromatic rings. The molecule has 1 saturated carbocycles. The normalized spacial score (nSPS) is 17.8. The number of halogens is 1. The van der Waals surface area contributed by atoms with Crippen molar-refractivity contribution in [2.45, 2.75) is 19.3 Å². The van der Waals surface area contributed by atoms with Crippen molar-refractivity contribution < 1.29 is 9.90 Å². The van der Waals surface area contributed by atoms with Gasteiger partial charge in [-0.1, -0.05) is 12.1 Å². The average Bonchev–Trinajstić information content (AvgIpc) is 2.90. The summed E-state index contributed by atoms with van der Waals surface area (Å²) in [7, 11) is 0. The zero-order valence-electron chi connectivity index (χ0n) is 7.66. The van der Waals surface area contributed by atoms with E-state index in [4.69, 9.17) is 5.11 Å². The average molecular weight is 302 g/mol. The van der Waals surface area contributed by atoms with Crippen molar-refractivity contribution in [3.05, 3.63) is 33.4 Å². The summed E-state index contributed by atoms with van der Waals surface area (Å²) in [5.74, 6) is -0.643. The molecule has 0 aliphatic heterocycles. The van der Waals surface area contributed by atoms with Crippen molar-refractivity contribution in [1.82, 2.24) is 0 Å². The van der Waals surface area contributed by atoms with Gasteiger partial charge in [0.15, 0.2) is 0 Å². The Morgan fingerprint density at radius 3 is 2.36 bits per heavy atom. The first-order valence-electron chi connectivity index (χ1n) is 4.60. The number of carboxylic acid groups (broad SMARTS) is 1. The number of aliphatic carboxylic acids is 1. The number of rotatable bonds is 3. The Bertz CT molecular complexity index is 352. The van der Waals surface area contributed by atoms with Crippen LogP contribution in [0, 0.1) is 8.99 Å². The molecule has 1 N–H and O–H groups in total. The third kappa shape index (κ3) is 1.92. The number of carboxylic acids is 1. The molecule has 1 aromatic carbocycles. The Labute approximate surface area is 96.5 Å². The van der Waals surface area contributed by atoms with E-state index < -0.39 is 11.4 Å². The summed E-state index contributed by atoms with van der Waals surface area (Å²) in [5, 5.41) is 9.02. The van der Waals surface area contributed by atoms with Gasteiger partial charge in [0, 0.05) is 3.57 Å². The summed E-state index contributed by atoms with van der Waals surface area (Å²) in [6.07, 6.45) is 2.34. The van der Waals surface area contributed by atoms with E-state index in [1.165, 1.54) is 3.57 Å². The van der Waals surface area contributed by atoms with E-state index in [0.717, 1.165) is 18.4 Å². The topological polar surface area (TPSA) is 37.3 Å². The van der Waals surface area contributed by atoms with Gasteiger partial charge in [-0.2, -0.15) is 0 Å². The van der Waals surface area contributed by atoms with Gasteiger partial charge in [0.2, 0.25) is 0 Å². The van der Waals surface area contributed by atoms with Gasteiger partial charge in [0.05, 0.1) is 5.41 Å². The Balaban J connectivity index is 2.11. The van der Waals surface area contributed by atoms with Gasteiger partial charge in [-0.05, 0) is 59.5 Å². The predicted octanol–water partition coefficient (Wildman–Crippen LogP) is 2.70. The van der Waals surface area contributed by atoms with Crippen LogP contribution in [0.15, 0.2) is 24.3 Å². The lowest BCUT2D eigenvalue weighted by molar-refractivity contribution is -0.143. The lowest BCUT2D eigenvalue weighted by Crippen LogP contribution is -2.17. The molecular weight excluding hydrogens is 291 g/mol. The van der Waals surface area contributed by atoms with Crippen LogP contribution >= 0.6 is 22.6 Å². The predicted molar refractivity (Wildman–Crippen MR) is 62.2 cm³/mol. The number of carbonyl (C=O) groups is 1. The van der Waals surface area contributed by atoms with Crippen molar-refractivity contribution in [3.63, 3.8) is 0 Å². The fourth-order valence-electron chi connectivity index (χ4n) is 1.61. The molecule has 0 aromatic heterocycles. The minimum absolute atomic E-state index is 0.438. The third-order valence-electron chi connectivity index (χ3n) is 2.76. The van der Waals surface area contributed by atoms with E-state index in [0.29, 0.717) is 6.42 Å². The minimum Gasteiger partial charge on any atom is -0.481 e. The largest absolute Gasteiger partial charge is 0.481 e. The molecule has 0 unspecified atom stereocenters. The molecule has 0 bridgehead atoms. The van der Waals surface area contributed by atoms with Gasteiger partial charge in [-0.3, -0.25) is 4.79 Å². The number of hydrogen-bond acceptors (Lipinski definition) is 1. The maximum Gasteiger partial charge on any atom is 0.309 e. The van der Waals surface area contributed by atoms with Crippen molar-refractivity contribution in [3.8, 4) is 0 Å². The second kappa shape index (κ2) is 3.53. The van der Waals surface area contributed by atoms with E-state index in [2.05, 4.69) is 22.6 Å². The first-order valence-corrected chi connectivity index (χ1v) is 5.68. The van der Waals surface area contributed by atoms with Crippen LogP contribution in [0.5, 0.6) is 0 Å². The second-order valence-corrected chi connectivity index (χ2v) is 5.13. The number of benzene rings is 1. The van der Waals surface area contributed by atoms with Gasteiger partial charge < -0.3 is 5.11 Å². The Morgan fingerprint density at radius 2 is 1.93 bits per heavy atom. The lowest BCUT2D eigenvalue weighted by atomic mass is 9.97. The van der Waals surface area contributed by atoms with Crippen LogP contribution in [0.1, 0.15) is 18.4 Å². The van der Waals surface area contributed by atoms with Crippen molar-refractivity contribution >= 4 is 28.6 Å². The summed E-state index contributed by atoms with van der Waals surface area (Å²) in [6, 6.07) is 8.08. The molecule has 0 atom stereocenters. The minimum atomic E-state index is -0.643. The highest BCUT2D eigenvalue weighted by Crippen LogP contribution is 2.48. The molecule has 2 nitrogen and oxygen atoms in total. The van der Waals surface area contributed by atoms with E-state index in [1.54, 1.807) is 0 Å². The van der Waals surface area contributed by atoms with Crippen molar-refractivity contribution in [2.75, 3.05) is 0 Å². The Morgan fingerprint density at radius 1 is 1.36 bits per heavy atom. The van der Waals surface area contributed by atoms with Crippen molar-refractivity contribution in [1.29, 1.82) is 0 Å². The molecule has 1 fully saturated rings. The molecule has 1 aliphatic carbocycles. The molecule has 0 radical (unpaired) electrons. The molecule has 1 aliphatic rings. The Kier molecular flexibility index (Phi) is 2.51. The molecule has 0 spiro atoms. The van der Waals surface area contributed by atoms with Crippen LogP contribution in [0.25, 0.3) is 0 Å². The zero-order chi connectivity index (χ0) is 10.2. The first kappa shape index (κ1) is 9.96. The highest BCUT2D eigenvalue weighted by molar-refractivity contribution is 14.1. The summed E-state index contributed by atoms with van der Waals surface area (Å²) in [6.45, 7) is 0.